The fourth-order valence-corrected chi connectivity index (χ4v) is 5.38. The summed E-state index contributed by atoms with van der Waals surface area (Å²) < 4.78 is 7.58. The lowest BCUT2D eigenvalue weighted by Crippen LogP contribution is -2.28. The van der Waals surface area contributed by atoms with E-state index in [4.69, 9.17) is 28.6 Å². The Morgan fingerprint density at radius 2 is 2.06 bits per heavy atom. The van der Waals surface area contributed by atoms with Gasteiger partial charge in [-0.25, -0.2) is 4.98 Å². The molecule has 7 nitrogen and oxygen atoms in total. The van der Waals surface area contributed by atoms with Gasteiger partial charge in [0.2, 0.25) is 0 Å². The highest BCUT2D eigenvalue weighted by Gasteiger charge is 2.33. The van der Waals surface area contributed by atoms with Crippen molar-refractivity contribution in [3.8, 4) is 0 Å². The van der Waals surface area contributed by atoms with E-state index in [-0.39, 0.29) is 24.1 Å². The number of aromatic nitrogens is 2. The molecule has 2 fully saturated rings. The van der Waals surface area contributed by atoms with Gasteiger partial charge in [0.05, 0.1) is 23.1 Å². The Labute approximate surface area is 210 Å². The second kappa shape index (κ2) is 9.87. The third-order valence-electron chi connectivity index (χ3n) is 5.73. The van der Waals surface area contributed by atoms with E-state index in [1.54, 1.807) is 30.5 Å². The monoisotopic (exact) mass is 512 g/mol. The fourth-order valence-electron chi connectivity index (χ4n) is 3.95. The van der Waals surface area contributed by atoms with E-state index in [2.05, 4.69) is 10.3 Å². The Balaban J connectivity index is 1.49. The number of carbonyl (C=O) groups is 1. The third-order valence-corrected chi connectivity index (χ3v) is 7.47. The SMILES string of the molecule is O=C1/C(=C/c2c(NCC3CCCO3)nc3ccccn3c2=O)SC(=S)N1Cc1ccccc1Cl. The number of carbonyl (C=O) groups excluding carboxylic acids is 1. The number of pyridine rings is 1. The maximum Gasteiger partial charge on any atom is 0.267 e. The highest BCUT2D eigenvalue weighted by atomic mass is 35.5. The molecule has 0 bridgehead atoms. The number of ether oxygens (including phenoxy) is 1. The minimum atomic E-state index is -0.267. The van der Waals surface area contributed by atoms with Crippen LogP contribution in [0.25, 0.3) is 11.7 Å². The molecule has 0 aliphatic carbocycles. The number of hydrogen-bond donors (Lipinski definition) is 1. The van der Waals surface area contributed by atoms with Gasteiger partial charge in [0.1, 0.15) is 15.8 Å². The number of thiocarbonyl (C=S) groups is 1. The minimum Gasteiger partial charge on any atom is -0.376 e. The molecule has 2 aliphatic heterocycles. The van der Waals surface area contributed by atoms with Gasteiger partial charge in [-0.3, -0.25) is 18.9 Å². The summed E-state index contributed by atoms with van der Waals surface area (Å²) in [4.78, 5) is 33.1. The summed E-state index contributed by atoms with van der Waals surface area (Å²) in [5, 5.41) is 3.84. The van der Waals surface area contributed by atoms with Gasteiger partial charge in [-0.1, -0.05) is 59.8 Å². The molecular formula is C24H21ClN4O3S2. The average Bonchev–Trinajstić information content (AvgIpc) is 3.45. The van der Waals surface area contributed by atoms with E-state index in [0.29, 0.717) is 37.8 Å². The van der Waals surface area contributed by atoms with Crippen molar-refractivity contribution in [1.29, 1.82) is 0 Å². The minimum absolute atomic E-state index is 0.0673. The van der Waals surface area contributed by atoms with Crippen LogP contribution in [0.2, 0.25) is 5.02 Å². The van der Waals surface area contributed by atoms with E-state index in [0.717, 1.165) is 25.0 Å². The molecule has 34 heavy (non-hydrogen) atoms. The van der Waals surface area contributed by atoms with Crippen molar-refractivity contribution < 1.29 is 9.53 Å². The van der Waals surface area contributed by atoms with Crippen molar-refractivity contribution in [3.63, 3.8) is 0 Å². The van der Waals surface area contributed by atoms with E-state index >= 15 is 0 Å². The molecule has 2 saturated heterocycles. The van der Waals surface area contributed by atoms with Gasteiger partial charge in [-0.05, 0) is 42.7 Å². The largest absolute Gasteiger partial charge is 0.376 e. The zero-order valence-electron chi connectivity index (χ0n) is 18.1. The van der Waals surface area contributed by atoms with Crippen LogP contribution in [-0.2, 0) is 16.1 Å². The highest BCUT2D eigenvalue weighted by Crippen LogP contribution is 2.35. The molecule has 0 radical (unpaired) electrons. The molecule has 4 heterocycles. The number of benzene rings is 1. The lowest BCUT2D eigenvalue weighted by Gasteiger charge is -2.15. The number of rotatable bonds is 6. The van der Waals surface area contributed by atoms with Crippen molar-refractivity contribution >= 4 is 63.3 Å². The smallest absolute Gasteiger partial charge is 0.267 e. The topological polar surface area (TPSA) is 75.9 Å². The molecule has 1 unspecified atom stereocenters. The second-order valence-electron chi connectivity index (χ2n) is 7.98. The van der Waals surface area contributed by atoms with Crippen LogP contribution >= 0.6 is 35.6 Å². The predicted molar refractivity (Wildman–Crippen MR) is 139 cm³/mol. The van der Waals surface area contributed by atoms with Crippen molar-refractivity contribution in [2.24, 2.45) is 0 Å². The van der Waals surface area contributed by atoms with Gasteiger partial charge in [-0.2, -0.15) is 0 Å². The van der Waals surface area contributed by atoms with Gasteiger partial charge < -0.3 is 10.1 Å². The fraction of sp³-hybridized carbons (Fsp3) is 0.250. The number of fused-ring (bicyclic) bond motifs is 1. The van der Waals surface area contributed by atoms with E-state index < -0.39 is 0 Å². The summed E-state index contributed by atoms with van der Waals surface area (Å²) in [6.07, 6.45) is 5.28. The summed E-state index contributed by atoms with van der Waals surface area (Å²) in [7, 11) is 0. The van der Waals surface area contributed by atoms with E-state index in [9.17, 15) is 9.59 Å². The summed E-state index contributed by atoms with van der Waals surface area (Å²) in [6.45, 7) is 1.53. The lowest BCUT2D eigenvalue weighted by atomic mass is 10.2. The number of halogens is 1. The molecule has 2 aromatic heterocycles. The Hall–Kier alpha value is -2.72. The summed E-state index contributed by atoms with van der Waals surface area (Å²) >= 11 is 12.9. The molecule has 5 rings (SSSR count). The molecule has 174 valence electrons. The summed E-state index contributed by atoms with van der Waals surface area (Å²) in [5.74, 6) is 0.153. The first-order valence-electron chi connectivity index (χ1n) is 10.9. The van der Waals surface area contributed by atoms with Crippen molar-refractivity contribution in [3.05, 3.63) is 80.1 Å². The van der Waals surface area contributed by atoms with Crippen molar-refractivity contribution in [2.75, 3.05) is 18.5 Å². The van der Waals surface area contributed by atoms with Gasteiger partial charge >= 0.3 is 0 Å². The standard InChI is InChI=1S/C24H21ClN4O3S2/c25-18-8-2-1-6-15(18)14-29-23(31)19(34-24(29)33)12-17-21(26-13-16-7-5-11-32-16)27-20-9-3-4-10-28(20)22(17)30/h1-4,6,8-10,12,16,26H,5,7,11,13-14H2/b19-12-. The zero-order valence-corrected chi connectivity index (χ0v) is 20.5. The molecule has 2 aliphatic rings. The quantitative estimate of drug-likeness (QED) is 0.389. The second-order valence-corrected chi connectivity index (χ2v) is 10.1. The Morgan fingerprint density at radius 3 is 2.85 bits per heavy atom. The van der Waals surface area contributed by atoms with Crippen LogP contribution in [0.5, 0.6) is 0 Å². The molecule has 0 spiro atoms. The van der Waals surface area contributed by atoms with Gasteiger partial charge in [0, 0.05) is 24.4 Å². The van der Waals surface area contributed by atoms with Gasteiger partial charge in [0.15, 0.2) is 0 Å². The number of anilines is 1. The first-order chi connectivity index (χ1) is 16.5. The summed E-state index contributed by atoms with van der Waals surface area (Å²) in [6, 6.07) is 12.7. The van der Waals surface area contributed by atoms with E-state index in [1.165, 1.54) is 21.1 Å². The number of thioether (sulfide) groups is 1. The average molecular weight is 513 g/mol. The Bertz CT molecular complexity index is 1370. The van der Waals surface area contributed by atoms with Crippen molar-refractivity contribution in [1.82, 2.24) is 14.3 Å². The van der Waals surface area contributed by atoms with Crippen LogP contribution < -0.4 is 10.9 Å². The van der Waals surface area contributed by atoms with Gasteiger partial charge in [0.25, 0.3) is 11.5 Å². The molecular weight excluding hydrogens is 492 g/mol. The number of nitrogens with zero attached hydrogens (tertiary/aromatic N) is 3. The van der Waals surface area contributed by atoms with Crippen LogP contribution in [0.3, 0.4) is 0 Å². The number of nitrogens with one attached hydrogen (secondary N) is 1. The van der Waals surface area contributed by atoms with Crippen LogP contribution in [0.1, 0.15) is 24.0 Å². The highest BCUT2D eigenvalue weighted by molar-refractivity contribution is 8.26. The Morgan fingerprint density at radius 1 is 1.24 bits per heavy atom. The maximum atomic E-state index is 13.4. The van der Waals surface area contributed by atoms with Crippen LogP contribution in [-0.4, -0.2) is 43.8 Å². The molecule has 0 saturated carbocycles. The Kier molecular flexibility index (Phi) is 6.69. The third kappa shape index (κ3) is 4.61. The molecule has 1 N–H and O–H groups in total. The zero-order chi connectivity index (χ0) is 23.7. The van der Waals surface area contributed by atoms with E-state index in [1.807, 2.05) is 24.3 Å². The number of hydrogen-bond acceptors (Lipinski definition) is 7. The van der Waals surface area contributed by atoms with Crippen LogP contribution in [0.4, 0.5) is 5.82 Å². The molecule has 1 atom stereocenters. The molecule has 10 heteroatoms. The van der Waals surface area contributed by atoms with Crippen LogP contribution in [0.15, 0.2) is 58.4 Å². The molecule has 1 aromatic carbocycles. The van der Waals surface area contributed by atoms with Crippen LogP contribution in [0, 0.1) is 0 Å². The first kappa shape index (κ1) is 23.0. The lowest BCUT2D eigenvalue weighted by molar-refractivity contribution is -0.122. The summed E-state index contributed by atoms with van der Waals surface area (Å²) in [5.41, 5.74) is 1.36. The molecule has 3 aromatic rings. The number of amides is 1. The maximum absolute atomic E-state index is 13.4. The normalized spacial score (nSPS) is 19.5. The first-order valence-corrected chi connectivity index (χ1v) is 12.5. The van der Waals surface area contributed by atoms with Crippen molar-refractivity contribution in [2.45, 2.75) is 25.5 Å². The predicted octanol–water partition coefficient (Wildman–Crippen LogP) is 4.34. The molecule has 1 amide bonds. The van der Waals surface area contributed by atoms with Gasteiger partial charge in [-0.15, -0.1) is 0 Å².